The van der Waals surface area contributed by atoms with Crippen LogP contribution in [0.5, 0.6) is 5.75 Å². The zero-order valence-corrected chi connectivity index (χ0v) is 14.5. The molecule has 124 valence electrons. The van der Waals surface area contributed by atoms with Crippen molar-refractivity contribution >= 4 is 27.8 Å². The van der Waals surface area contributed by atoms with Crippen LogP contribution in [0.3, 0.4) is 0 Å². The van der Waals surface area contributed by atoms with E-state index in [2.05, 4.69) is 26.2 Å². The number of methoxy groups -OCH3 is 1. The van der Waals surface area contributed by atoms with Gasteiger partial charge < -0.3 is 15.2 Å². The van der Waals surface area contributed by atoms with E-state index in [-0.39, 0.29) is 11.4 Å². The van der Waals surface area contributed by atoms with Gasteiger partial charge in [-0.3, -0.25) is 4.79 Å². The summed E-state index contributed by atoms with van der Waals surface area (Å²) in [6.45, 7) is 0. The molecule has 1 aromatic carbocycles. The summed E-state index contributed by atoms with van der Waals surface area (Å²) in [4.78, 5) is 28.8. The molecule has 2 aromatic rings. The van der Waals surface area contributed by atoms with Crippen molar-refractivity contribution in [1.29, 1.82) is 0 Å². The minimum atomic E-state index is -1.21. The molecule has 2 N–H and O–H groups in total. The number of hydrogen-bond donors (Lipinski definition) is 2. The van der Waals surface area contributed by atoms with Crippen molar-refractivity contribution < 1.29 is 19.4 Å². The lowest BCUT2D eigenvalue weighted by atomic mass is 9.95. The van der Waals surface area contributed by atoms with Crippen LogP contribution in [-0.2, 0) is 22.4 Å². The molecule has 24 heavy (non-hydrogen) atoms. The molecule has 0 aliphatic heterocycles. The van der Waals surface area contributed by atoms with Crippen LogP contribution in [0.1, 0.15) is 21.6 Å². The van der Waals surface area contributed by atoms with Crippen molar-refractivity contribution in [3.8, 4) is 5.75 Å². The minimum absolute atomic E-state index is 0.127. The molecule has 1 atom stereocenters. The number of pyridine rings is 1. The first-order valence-corrected chi connectivity index (χ1v) is 8.07. The third-order valence-corrected chi connectivity index (χ3v) is 4.58. The fourth-order valence-corrected chi connectivity index (χ4v) is 3.38. The summed E-state index contributed by atoms with van der Waals surface area (Å²) in [6.07, 6.45) is 2.04. The van der Waals surface area contributed by atoms with Crippen LogP contribution < -0.4 is 5.32 Å². The summed E-state index contributed by atoms with van der Waals surface area (Å²) < 4.78 is 5.82. The van der Waals surface area contributed by atoms with Crippen LogP contribution in [0.2, 0.25) is 0 Å². The van der Waals surface area contributed by atoms with Crippen molar-refractivity contribution in [2.75, 3.05) is 7.11 Å². The summed E-state index contributed by atoms with van der Waals surface area (Å²) >= 11 is 3.41. The Labute approximate surface area is 147 Å². The maximum absolute atomic E-state index is 12.5. The van der Waals surface area contributed by atoms with E-state index in [9.17, 15) is 14.7 Å². The second kappa shape index (κ2) is 6.24. The quantitative estimate of drug-likeness (QED) is 0.782. The van der Waals surface area contributed by atoms with E-state index in [1.807, 2.05) is 18.2 Å². The monoisotopic (exact) mass is 390 g/mol. The van der Waals surface area contributed by atoms with E-state index in [4.69, 9.17) is 4.74 Å². The second-order valence-electron chi connectivity index (χ2n) is 5.67. The number of aromatic nitrogens is 1. The van der Waals surface area contributed by atoms with Crippen LogP contribution in [0.25, 0.3) is 0 Å². The average molecular weight is 391 g/mol. The maximum Gasteiger partial charge on any atom is 0.332 e. The van der Waals surface area contributed by atoms with Crippen LogP contribution in [-0.4, -0.2) is 34.6 Å². The summed E-state index contributed by atoms with van der Waals surface area (Å²) in [5.74, 6) is -1.39. The number of carbonyl (C=O) groups excluding carboxylic acids is 2. The Morgan fingerprint density at radius 3 is 2.75 bits per heavy atom. The zero-order chi connectivity index (χ0) is 17.3. The molecule has 1 unspecified atom stereocenters. The van der Waals surface area contributed by atoms with E-state index >= 15 is 0 Å². The summed E-state index contributed by atoms with van der Waals surface area (Å²) in [6, 6.07) is 8.61. The fourth-order valence-electron chi connectivity index (χ4n) is 2.97. The number of fused-ring (bicyclic) bond motifs is 1. The highest BCUT2D eigenvalue weighted by molar-refractivity contribution is 9.10. The molecule has 0 bridgehead atoms. The minimum Gasteiger partial charge on any atom is -0.505 e. The predicted octanol–water partition coefficient (Wildman–Crippen LogP) is 1.99. The number of halogens is 1. The highest BCUT2D eigenvalue weighted by Crippen LogP contribution is 2.33. The lowest BCUT2D eigenvalue weighted by Crippen LogP contribution is -2.56. The highest BCUT2D eigenvalue weighted by atomic mass is 79.9. The van der Waals surface area contributed by atoms with Gasteiger partial charge >= 0.3 is 5.97 Å². The normalized spacial score (nSPS) is 18.8. The number of aromatic hydroxyl groups is 1. The number of esters is 1. The topological polar surface area (TPSA) is 88.5 Å². The molecule has 1 amide bonds. The number of hydrogen-bond acceptors (Lipinski definition) is 5. The van der Waals surface area contributed by atoms with Gasteiger partial charge in [-0.05, 0) is 35.4 Å². The third kappa shape index (κ3) is 2.87. The lowest BCUT2D eigenvalue weighted by molar-refractivity contribution is -0.147. The third-order valence-electron chi connectivity index (χ3n) is 4.08. The van der Waals surface area contributed by atoms with Gasteiger partial charge in [0.25, 0.3) is 5.91 Å². The molecule has 3 rings (SSSR count). The number of carbonyl (C=O) groups is 2. The van der Waals surface area contributed by atoms with E-state index in [0.717, 1.165) is 15.6 Å². The molecular formula is C17H15BrN2O4. The van der Waals surface area contributed by atoms with Crippen LogP contribution in [0.15, 0.2) is 41.0 Å². The van der Waals surface area contributed by atoms with Gasteiger partial charge in [-0.25, -0.2) is 9.78 Å². The molecule has 0 radical (unpaired) electrons. The second-order valence-corrected chi connectivity index (χ2v) is 6.58. The van der Waals surface area contributed by atoms with E-state index in [1.165, 1.54) is 25.4 Å². The zero-order valence-electron chi connectivity index (χ0n) is 12.9. The van der Waals surface area contributed by atoms with Gasteiger partial charge in [0, 0.05) is 23.5 Å². The molecule has 1 heterocycles. The SMILES string of the molecule is COC(=O)C1(NC(=O)c2ncccc2O)Cc2ccc(Br)cc2C1. The molecule has 0 fully saturated rings. The first-order valence-electron chi connectivity index (χ1n) is 7.27. The Morgan fingerprint density at radius 1 is 1.29 bits per heavy atom. The average Bonchev–Trinajstić information content (AvgIpc) is 2.92. The predicted molar refractivity (Wildman–Crippen MR) is 89.7 cm³/mol. The van der Waals surface area contributed by atoms with Crippen molar-refractivity contribution in [3.05, 3.63) is 57.8 Å². The van der Waals surface area contributed by atoms with Crippen molar-refractivity contribution in [3.63, 3.8) is 0 Å². The Kier molecular flexibility index (Phi) is 4.28. The van der Waals surface area contributed by atoms with Gasteiger partial charge in [0.2, 0.25) is 0 Å². The van der Waals surface area contributed by atoms with E-state index < -0.39 is 17.4 Å². The molecule has 6 nitrogen and oxygen atoms in total. The largest absolute Gasteiger partial charge is 0.505 e. The highest BCUT2D eigenvalue weighted by Gasteiger charge is 2.46. The summed E-state index contributed by atoms with van der Waals surface area (Å²) in [7, 11) is 1.29. The Balaban J connectivity index is 1.93. The van der Waals surface area contributed by atoms with Crippen LogP contribution in [0, 0.1) is 0 Å². The van der Waals surface area contributed by atoms with Gasteiger partial charge in [-0.15, -0.1) is 0 Å². The van der Waals surface area contributed by atoms with Crippen molar-refractivity contribution in [2.24, 2.45) is 0 Å². The Hall–Kier alpha value is -2.41. The molecule has 0 saturated carbocycles. The number of nitrogens with zero attached hydrogens (tertiary/aromatic N) is 1. The van der Waals surface area contributed by atoms with Gasteiger partial charge in [0.05, 0.1) is 7.11 Å². The maximum atomic E-state index is 12.5. The van der Waals surface area contributed by atoms with Crippen molar-refractivity contribution in [1.82, 2.24) is 10.3 Å². The Morgan fingerprint density at radius 2 is 2.04 bits per heavy atom. The molecule has 1 aromatic heterocycles. The number of amides is 1. The van der Waals surface area contributed by atoms with Gasteiger partial charge in [0.15, 0.2) is 5.69 Å². The molecule has 0 spiro atoms. The fraction of sp³-hybridized carbons (Fsp3) is 0.235. The summed E-state index contributed by atoms with van der Waals surface area (Å²) in [5, 5.41) is 12.5. The van der Waals surface area contributed by atoms with E-state index in [1.54, 1.807) is 0 Å². The van der Waals surface area contributed by atoms with Gasteiger partial charge in [0.1, 0.15) is 11.3 Å². The number of ether oxygens (including phenoxy) is 1. The van der Waals surface area contributed by atoms with Gasteiger partial charge in [-0.1, -0.05) is 22.0 Å². The smallest absolute Gasteiger partial charge is 0.332 e. The van der Waals surface area contributed by atoms with E-state index in [0.29, 0.717) is 12.8 Å². The Bertz CT molecular complexity index is 824. The molecule has 1 aliphatic rings. The van der Waals surface area contributed by atoms with Crippen LogP contribution in [0.4, 0.5) is 0 Å². The lowest BCUT2D eigenvalue weighted by Gasteiger charge is -2.27. The number of rotatable bonds is 3. The van der Waals surface area contributed by atoms with Crippen LogP contribution >= 0.6 is 15.9 Å². The first-order chi connectivity index (χ1) is 11.4. The molecule has 1 aliphatic carbocycles. The summed E-state index contributed by atoms with van der Waals surface area (Å²) in [5.41, 5.74) is 0.589. The first kappa shape index (κ1) is 16.4. The number of nitrogens with one attached hydrogen (secondary N) is 1. The molecule has 0 saturated heterocycles. The number of benzene rings is 1. The standard InChI is InChI=1S/C17H15BrN2O4/c1-24-16(23)17(8-10-4-5-12(18)7-11(10)9-17)20-15(22)14-13(21)3-2-6-19-14/h2-7,21H,8-9H2,1H3,(H,20,22). The molecular weight excluding hydrogens is 376 g/mol. The van der Waals surface area contributed by atoms with Gasteiger partial charge in [-0.2, -0.15) is 0 Å². The molecule has 7 heteroatoms. The van der Waals surface area contributed by atoms with Crippen molar-refractivity contribution in [2.45, 2.75) is 18.4 Å².